The molecule has 0 aromatic heterocycles. The van der Waals surface area contributed by atoms with Crippen LogP contribution in [0.1, 0.15) is 26.2 Å². The highest BCUT2D eigenvalue weighted by Crippen LogP contribution is 2.15. The molecule has 1 heterocycles. The first-order valence-electron chi connectivity index (χ1n) is 9.74. The van der Waals surface area contributed by atoms with Gasteiger partial charge in [0, 0.05) is 33.3 Å². The van der Waals surface area contributed by atoms with E-state index in [0.29, 0.717) is 24.8 Å². The maximum atomic E-state index is 13.4. The number of ether oxygens (including phenoxy) is 2. The van der Waals surface area contributed by atoms with Crippen molar-refractivity contribution >= 4 is 11.9 Å². The molecule has 7 nitrogen and oxygen atoms in total. The van der Waals surface area contributed by atoms with Crippen LogP contribution in [0.2, 0.25) is 0 Å². The van der Waals surface area contributed by atoms with Gasteiger partial charge in [-0.05, 0) is 31.4 Å². The summed E-state index contributed by atoms with van der Waals surface area (Å²) in [4.78, 5) is 17.7. The summed E-state index contributed by atoms with van der Waals surface area (Å²) in [6.07, 6.45) is 2.80. The highest BCUT2D eigenvalue weighted by atomic mass is 19.1. The van der Waals surface area contributed by atoms with Gasteiger partial charge in [0.15, 0.2) is 5.96 Å². The average Bonchev–Trinajstić information content (AvgIpc) is 3.19. The molecule has 1 amide bonds. The summed E-state index contributed by atoms with van der Waals surface area (Å²) in [5.74, 6) is 0.610. The topological polar surface area (TPSA) is 75.2 Å². The van der Waals surface area contributed by atoms with Gasteiger partial charge in [0.1, 0.15) is 24.2 Å². The SMILES string of the molecule is CCC(CNC(=NCC(=O)N(C)C)NCC1CCCO1)Oc1cccc(F)c1. The number of amides is 1. The van der Waals surface area contributed by atoms with E-state index in [4.69, 9.17) is 9.47 Å². The van der Waals surface area contributed by atoms with Gasteiger partial charge >= 0.3 is 0 Å². The minimum atomic E-state index is -0.331. The lowest BCUT2D eigenvalue weighted by Gasteiger charge is -2.21. The molecular weight excluding hydrogens is 363 g/mol. The molecule has 1 fully saturated rings. The lowest BCUT2D eigenvalue weighted by Crippen LogP contribution is -2.45. The number of halogens is 1. The van der Waals surface area contributed by atoms with Gasteiger partial charge in [-0.3, -0.25) is 4.79 Å². The summed E-state index contributed by atoms with van der Waals surface area (Å²) < 4.78 is 24.8. The standard InChI is InChI=1S/C20H31FN4O3/c1-4-16(28-17-8-5-7-15(21)11-17)12-22-20(24-14-19(26)25(2)3)23-13-18-9-6-10-27-18/h5,7-8,11,16,18H,4,6,9-10,12-14H2,1-3H3,(H2,22,23,24). The summed E-state index contributed by atoms with van der Waals surface area (Å²) in [5, 5.41) is 6.45. The maximum absolute atomic E-state index is 13.4. The fraction of sp³-hybridized carbons (Fsp3) is 0.600. The average molecular weight is 394 g/mol. The molecule has 0 saturated carbocycles. The maximum Gasteiger partial charge on any atom is 0.243 e. The Balaban J connectivity index is 1.92. The van der Waals surface area contributed by atoms with E-state index in [2.05, 4.69) is 15.6 Å². The van der Waals surface area contributed by atoms with Crippen LogP contribution < -0.4 is 15.4 Å². The van der Waals surface area contributed by atoms with Crippen LogP contribution in [0, 0.1) is 5.82 Å². The molecule has 0 bridgehead atoms. The van der Waals surface area contributed by atoms with E-state index in [1.807, 2.05) is 6.92 Å². The van der Waals surface area contributed by atoms with Crippen molar-refractivity contribution in [3.8, 4) is 5.75 Å². The van der Waals surface area contributed by atoms with Crippen LogP contribution in [0.25, 0.3) is 0 Å². The number of guanidine groups is 1. The number of likely N-dealkylation sites (N-methyl/N-ethyl adjacent to an activating group) is 1. The number of aliphatic imine (C=N–C) groups is 1. The van der Waals surface area contributed by atoms with Gasteiger partial charge in [0.25, 0.3) is 0 Å². The molecule has 8 heteroatoms. The van der Waals surface area contributed by atoms with Crippen molar-refractivity contribution in [3.63, 3.8) is 0 Å². The van der Waals surface area contributed by atoms with Crippen molar-refractivity contribution in [1.29, 1.82) is 0 Å². The van der Waals surface area contributed by atoms with Gasteiger partial charge < -0.3 is 25.0 Å². The highest BCUT2D eigenvalue weighted by molar-refractivity contribution is 5.84. The zero-order valence-corrected chi connectivity index (χ0v) is 16.9. The molecule has 0 aliphatic carbocycles. The summed E-state index contributed by atoms with van der Waals surface area (Å²) in [5.41, 5.74) is 0. The molecule has 156 valence electrons. The first kappa shape index (κ1) is 21.9. The second-order valence-corrected chi connectivity index (χ2v) is 6.96. The van der Waals surface area contributed by atoms with Crippen LogP contribution >= 0.6 is 0 Å². The van der Waals surface area contributed by atoms with E-state index < -0.39 is 0 Å². The van der Waals surface area contributed by atoms with Gasteiger partial charge in [0.2, 0.25) is 5.91 Å². The van der Waals surface area contributed by atoms with Gasteiger partial charge in [-0.1, -0.05) is 13.0 Å². The molecular formula is C20H31FN4O3. The predicted molar refractivity (Wildman–Crippen MR) is 107 cm³/mol. The van der Waals surface area contributed by atoms with Gasteiger partial charge in [0.05, 0.1) is 12.6 Å². The van der Waals surface area contributed by atoms with Crippen LogP contribution in [0.5, 0.6) is 5.75 Å². The molecule has 1 aromatic carbocycles. The number of nitrogens with one attached hydrogen (secondary N) is 2. The van der Waals surface area contributed by atoms with Crippen molar-refractivity contribution in [2.75, 3.05) is 40.3 Å². The van der Waals surface area contributed by atoms with E-state index in [1.54, 1.807) is 26.2 Å². The smallest absolute Gasteiger partial charge is 0.243 e. The first-order valence-corrected chi connectivity index (χ1v) is 9.74. The van der Waals surface area contributed by atoms with Crippen molar-refractivity contribution in [3.05, 3.63) is 30.1 Å². The van der Waals surface area contributed by atoms with Crippen molar-refractivity contribution in [2.24, 2.45) is 4.99 Å². The Morgan fingerprint density at radius 1 is 1.43 bits per heavy atom. The Bertz CT molecular complexity index is 648. The third-order valence-electron chi connectivity index (χ3n) is 4.44. The van der Waals surface area contributed by atoms with Crippen LogP contribution in [-0.2, 0) is 9.53 Å². The summed E-state index contributed by atoms with van der Waals surface area (Å²) in [7, 11) is 3.40. The lowest BCUT2D eigenvalue weighted by molar-refractivity contribution is -0.127. The number of nitrogens with zero attached hydrogens (tertiary/aromatic N) is 2. The Morgan fingerprint density at radius 2 is 2.25 bits per heavy atom. The molecule has 1 aliphatic heterocycles. The van der Waals surface area contributed by atoms with E-state index in [9.17, 15) is 9.18 Å². The fourth-order valence-corrected chi connectivity index (χ4v) is 2.69. The fourth-order valence-electron chi connectivity index (χ4n) is 2.69. The van der Waals surface area contributed by atoms with Crippen LogP contribution in [0.3, 0.4) is 0 Å². The Labute approximate surface area is 166 Å². The Morgan fingerprint density at radius 3 is 2.89 bits per heavy atom. The first-order chi connectivity index (χ1) is 13.5. The number of benzene rings is 1. The van der Waals surface area contributed by atoms with Crippen LogP contribution in [0.15, 0.2) is 29.3 Å². The lowest BCUT2D eigenvalue weighted by atomic mass is 10.2. The van der Waals surface area contributed by atoms with E-state index in [1.165, 1.54) is 17.0 Å². The summed E-state index contributed by atoms with van der Waals surface area (Å²) >= 11 is 0. The van der Waals surface area contributed by atoms with Crippen molar-refractivity contribution < 1.29 is 18.7 Å². The normalized spacial score (nSPS) is 17.9. The third-order valence-corrected chi connectivity index (χ3v) is 4.44. The van der Waals surface area contributed by atoms with Crippen LogP contribution in [-0.4, -0.2) is 69.3 Å². The van der Waals surface area contributed by atoms with E-state index >= 15 is 0 Å². The molecule has 2 unspecified atom stereocenters. The van der Waals surface area contributed by atoms with Gasteiger partial charge in [-0.25, -0.2) is 9.38 Å². The zero-order valence-electron chi connectivity index (χ0n) is 16.9. The predicted octanol–water partition coefficient (Wildman–Crippen LogP) is 1.79. The largest absolute Gasteiger partial charge is 0.489 e. The van der Waals surface area contributed by atoms with Crippen molar-refractivity contribution in [1.82, 2.24) is 15.5 Å². The Kier molecular flexibility index (Phi) is 9.00. The molecule has 1 aromatic rings. The van der Waals surface area contributed by atoms with Crippen molar-refractivity contribution in [2.45, 2.75) is 38.4 Å². The quantitative estimate of drug-likeness (QED) is 0.493. The minimum Gasteiger partial charge on any atom is -0.489 e. The second-order valence-electron chi connectivity index (χ2n) is 6.96. The molecule has 0 spiro atoms. The van der Waals surface area contributed by atoms with E-state index in [-0.39, 0.29) is 30.5 Å². The third kappa shape index (κ3) is 7.72. The molecule has 1 aliphatic rings. The van der Waals surface area contributed by atoms with Gasteiger partial charge in [-0.2, -0.15) is 0 Å². The molecule has 2 atom stereocenters. The van der Waals surface area contributed by atoms with Gasteiger partial charge in [-0.15, -0.1) is 0 Å². The van der Waals surface area contributed by atoms with Crippen LogP contribution in [0.4, 0.5) is 4.39 Å². The summed E-state index contributed by atoms with van der Waals surface area (Å²) in [6, 6.07) is 6.09. The number of hydrogen-bond donors (Lipinski definition) is 2. The molecule has 2 rings (SSSR count). The molecule has 1 saturated heterocycles. The Hall–Kier alpha value is -2.35. The zero-order chi connectivity index (χ0) is 20.4. The number of hydrogen-bond acceptors (Lipinski definition) is 4. The van der Waals surface area contributed by atoms with E-state index in [0.717, 1.165) is 25.9 Å². The second kappa shape index (κ2) is 11.5. The minimum absolute atomic E-state index is 0.0510. The summed E-state index contributed by atoms with van der Waals surface area (Å²) in [6.45, 7) is 3.93. The highest BCUT2D eigenvalue weighted by Gasteiger charge is 2.17. The molecule has 28 heavy (non-hydrogen) atoms. The number of rotatable bonds is 9. The number of carbonyl (C=O) groups excluding carboxylic acids is 1. The monoisotopic (exact) mass is 394 g/mol. The molecule has 0 radical (unpaired) electrons. The number of carbonyl (C=O) groups is 1. The molecule has 2 N–H and O–H groups in total.